The first-order valence-corrected chi connectivity index (χ1v) is 12.3. The number of carbonyl (C=O) groups is 1. The van der Waals surface area contributed by atoms with Crippen molar-refractivity contribution in [2.24, 2.45) is 0 Å². The third kappa shape index (κ3) is 5.64. The summed E-state index contributed by atoms with van der Waals surface area (Å²) in [6.45, 7) is 0. The van der Waals surface area contributed by atoms with Gasteiger partial charge in [-0.2, -0.15) is 18.3 Å². The maximum Gasteiger partial charge on any atom is 0.417 e. The summed E-state index contributed by atoms with van der Waals surface area (Å²) < 4.78 is 95.9. The lowest BCUT2D eigenvalue weighted by Crippen LogP contribution is -2.17. The molecular formula is C22H14ClF5N4O4S. The molecule has 0 saturated carbocycles. The lowest BCUT2D eigenvalue weighted by Gasteiger charge is -2.12. The molecule has 1 N–H and O–H groups in total. The molecule has 0 saturated heterocycles. The number of halogens is 6. The topological polar surface area (TPSA) is 103 Å². The number of nitrogens with one attached hydrogen (secondary N) is 1. The van der Waals surface area contributed by atoms with Gasteiger partial charge in [0, 0.05) is 17.5 Å². The van der Waals surface area contributed by atoms with Gasteiger partial charge in [-0.15, -0.1) is 0 Å². The lowest BCUT2D eigenvalue weighted by molar-refractivity contribution is -0.137. The quantitative estimate of drug-likeness (QED) is 0.299. The van der Waals surface area contributed by atoms with Crippen molar-refractivity contribution in [3.8, 4) is 17.0 Å². The maximum absolute atomic E-state index is 13.8. The highest BCUT2D eigenvalue weighted by molar-refractivity contribution is 7.90. The molecule has 2 aromatic carbocycles. The van der Waals surface area contributed by atoms with Crippen LogP contribution >= 0.6 is 11.6 Å². The van der Waals surface area contributed by atoms with Crippen molar-refractivity contribution >= 4 is 38.9 Å². The van der Waals surface area contributed by atoms with Crippen molar-refractivity contribution in [3.05, 3.63) is 71.0 Å². The molecule has 0 aliphatic heterocycles. The zero-order valence-electron chi connectivity index (χ0n) is 18.4. The van der Waals surface area contributed by atoms with E-state index in [-0.39, 0.29) is 33.2 Å². The van der Waals surface area contributed by atoms with E-state index in [2.05, 4.69) is 15.4 Å². The number of anilines is 1. The predicted octanol–water partition coefficient (Wildman–Crippen LogP) is 6.02. The summed E-state index contributed by atoms with van der Waals surface area (Å²) >= 11 is 5.75. The minimum absolute atomic E-state index is 0.00316. The number of fused-ring (bicyclic) bond motifs is 1. The van der Waals surface area contributed by atoms with Gasteiger partial charge in [0.05, 0.1) is 27.4 Å². The van der Waals surface area contributed by atoms with Crippen molar-refractivity contribution < 1.29 is 39.9 Å². The highest BCUT2D eigenvalue weighted by Crippen LogP contribution is 2.37. The first-order valence-electron chi connectivity index (χ1n) is 10.1. The number of ether oxygens (including phenoxy) is 1. The Morgan fingerprint density at radius 3 is 2.49 bits per heavy atom. The molecule has 4 rings (SSSR count). The average molecular weight is 561 g/mol. The number of sulfone groups is 1. The van der Waals surface area contributed by atoms with Crippen molar-refractivity contribution in [1.82, 2.24) is 14.6 Å². The van der Waals surface area contributed by atoms with E-state index >= 15 is 0 Å². The van der Waals surface area contributed by atoms with Gasteiger partial charge in [-0.1, -0.05) is 23.7 Å². The van der Waals surface area contributed by atoms with E-state index in [1.165, 1.54) is 24.3 Å². The summed E-state index contributed by atoms with van der Waals surface area (Å²) in [4.78, 5) is 16.5. The van der Waals surface area contributed by atoms with Crippen LogP contribution in [0.1, 0.15) is 17.7 Å². The normalized spacial score (nSPS) is 12.2. The third-order valence-corrected chi connectivity index (χ3v) is 6.40. The Kier molecular flexibility index (Phi) is 6.81. The van der Waals surface area contributed by atoms with Crippen molar-refractivity contribution in [3.63, 3.8) is 0 Å². The highest BCUT2D eigenvalue weighted by Gasteiger charge is 2.33. The lowest BCUT2D eigenvalue weighted by atomic mass is 10.1. The van der Waals surface area contributed by atoms with Gasteiger partial charge < -0.3 is 4.74 Å². The van der Waals surface area contributed by atoms with Gasteiger partial charge in [-0.3, -0.25) is 5.32 Å². The summed E-state index contributed by atoms with van der Waals surface area (Å²) in [5.41, 5.74) is -2.22. The molecule has 8 nitrogen and oxygen atoms in total. The molecule has 0 unspecified atom stereocenters. The molecule has 0 fully saturated rings. The fourth-order valence-electron chi connectivity index (χ4n) is 3.29. The van der Waals surface area contributed by atoms with E-state index in [4.69, 9.17) is 16.3 Å². The minimum Gasteiger partial charge on any atom is -0.404 e. The van der Waals surface area contributed by atoms with Crippen LogP contribution in [0.15, 0.2) is 59.6 Å². The fourth-order valence-corrected chi connectivity index (χ4v) is 4.25. The minimum atomic E-state index is -4.72. The molecule has 0 spiro atoms. The summed E-state index contributed by atoms with van der Waals surface area (Å²) in [6.07, 6.45) is -6.97. The molecular weight excluding hydrogens is 547 g/mol. The molecule has 2 aromatic heterocycles. The second kappa shape index (κ2) is 9.59. The smallest absolute Gasteiger partial charge is 0.404 e. The Morgan fingerprint density at radius 2 is 1.86 bits per heavy atom. The molecule has 15 heteroatoms. The molecule has 37 heavy (non-hydrogen) atoms. The Labute approximate surface area is 210 Å². The van der Waals surface area contributed by atoms with Gasteiger partial charge in [0.15, 0.2) is 21.2 Å². The largest absolute Gasteiger partial charge is 0.417 e. The summed E-state index contributed by atoms with van der Waals surface area (Å²) in [7, 11) is -3.56. The van der Waals surface area contributed by atoms with E-state index in [0.717, 1.165) is 30.7 Å². The summed E-state index contributed by atoms with van der Waals surface area (Å²) in [5.74, 6) is -0.349. The van der Waals surface area contributed by atoms with E-state index in [1.807, 2.05) is 0 Å². The first-order chi connectivity index (χ1) is 17.2. The molecule has 2 heterocycles. The SMILES string of the molecule is CS(=O)(=O)c1cccc(NC(=O)Oc2cnn3c(C(F)F)cc(-c4ccc(C(F)(F)F)c(Cl)c4)nc23)c1. The Hall–Kier alpha value is -3.78. The van der Waals surface area contributed by atoms with Gasteiger partial charge in [0.25, 0.3) is 6.43 Å². The molecule has 0 bridgehead atoms. The Balaban J connectivity index is 1.69. The summed E-state index contributed by atoms with van der Waals surface area (Å²) in [6, 6.07) is 8.85. The first kappa shape index (κ1) is 26.3. The molecule has 4 aromatic rings. The van der Waals surface area contributed by atoms with E-state index < -0.39 is 44.8 Å². The van der Waals surface area contributed by atoms with Crippen molar-refractivity contribution in [1.29, 1.82) is 0 Å². The van der Waals surface area contributed by atoms with Crippen LogP contribution in [0.4, 0.5) is 32.4 Å². The van der Waals surface area contributed by atoms with Crippen LogP contribution in [-0.2, 0) is 16.0 Å². The van der Waals surface area contributed by atoms with Gasteiger partial charge >= 0.3 is 12.3 Å². The molecule has 0 aliphatic carbocycles. The average Bonchev–Trinajstić information content (AvgIpc) is 3.19. The number of benzene rings is 2. The molecule has 0 atom stereocenters. The maximum atomic E-state index is 13.8. The van der Waals surface area contributed by atoms with Crippen LogP contribution in [0.5, 0.6) is 5.75 Å². The van der Waals surface area contributed by atoms with Gasteiger partial charge in [0.2, 0.25) is 0 Å². The van der Waals surface area contributed by atoms with E-state index in [9.17, 15) is 35.2 Å². The molecule has 194 valence electrons. The van der Waals surface area contributed by atoms with Crippen molar-refractivity contribution in [2.75, 3.05) is 11.6 Å². The zero-order chi connectivity index (χ0) is 27.1. The molecule has 0 radical (unpaired) electrons. The zero-order valence-corrected chi connectivity index (χ0v) is 20.0. The summed E-state index contributed by atoms with van der Waals surface area (Å²) in [5, 5.41) is 5.41. The molecule has 1 amide bonds. The second-order valence-corrected chi connectivity index (χ2v) is 10.0. The van der Waals surface area contributed by atoms with Crippen LogP contribution in [0.25, 0.3) is 16.9 Å². The number of carbonyl (C=O) groups excluding carboxylic acids is 1. The van der Waals surface area contributed by atoms with Gasteiger partial charge in [0.1, 0.15) is 5.69 Å². The highest BCUT2D eigenvalue weighted by atomic mass is 35.5. The van der Waals surface area contributed by atoms with E-state index in [0.29, 0.717) is 10.6 Å². The number of rotatable bonds is 5. The van der Waals surface area contributed by atoms with Crippen LogP contribution in [0.3, 0.4) is 0 Å². The number of hydrogen-bond donors (Lipinski definition) is 1. The molecule has 0 aliphatic rings. The third-order valence-electron chi connectivity index (χ3n) is 4.97. The number of aromatic nitrogens is 3. The van der Waals surface area contributed by atoms with Crippen LogP contribution in [0, 0.1) is 0 Å². The standard InChI is InChI=1S/C22H14ClF5N4O4S/c1-37(34,35)13-4-2-3-12(8-13)30-21(33)36-18-10-29-32-17(19(24)25)9-16(31-20(18)32)11-5-6-14(15(23)7-11)22(26,27)28/h2-10,19H,1H3,(H,30,33). The van der Waals surface area contributed by atoms with Crippen LogP contribution < -0.4 is 10.1 Å². The fraction of sp³-hybridized carbons (Fsp3) is 0.136. The predicted molar refractivity (Wildman–Crippen MR) is 123 cm³/mol. The Bertz CT molecular complexity index is 1620. The monoisotopic (exact) mass is 560 g/mol. The number of nitrogens with zero attached hydrogens (tertiary/aromatic N) is 3. The second-order valence-electron chi connectivity index (χ2n) is 7.62. The van der Waals surface area contributed by atoms with Gasteiger partial charge in [-0.25, -0.2) is 31.5 Å². The van der Waals surface area contributed by atoms with Crippen LogP contribution in [0.2, 0.25) is 5.02 Å². The van der Waals surface area contributed by atoms with E-state index in [1.54, 1.807) is 0 Å². The van der Waals surface area contributed by atoms with Crippen molar-refractivity contribution in [2.45, 2.75) is 17.5 Å². The Morgan fingerprint density at radius 1 is 1.14 bits per heavy atom. The van der Waals surface area contributed by atoms with Crippen LogP contribution in [-0.4, -0.2) is 35.4 Å². The number of amides is 1. The number of hydrogen-bond acceptors (Lipinski definition) is 6. The number of alkyl halides is 5. The van der Waals surface area contributed by atoms with Gasteiger partial charge in [-0.05, 0) is 36.4 Å².